The van der Waals surface area contributed by atoms with Gasteiger partial charge in [0.2, 0.25) is 0 Å². The van der Waals surface area contributed by atoms with Crippen LogP contribution in [0.1, 0.15) is 79.3 Å². The molecule has 29 heavy (non-hydrogen) atoms. The lowest BCUT2D eigenvalue weighted by Crippen LogP contribution is -2.31. The maximum Gasteiger partial charge on any atom is 0.170 e. The average Bonchev–Trinajstić information content (AvgIpc) is 3.23. The van der Waals surface area contributed by atoms with Crippen LogP contribution in [-0.4, -0.2) is 37.8 Å². The van der Waals surface area contributed by atoms with E-state index in [2.05, 4.69) is 45.7 Å². The van der Waals surface area contributed by atoms with Crippen LogP contribution in [0.4, 0.5) is 0 Å². The zero-order valence-corrected chi connectivity index (χ0v) is 18.3. The predicted octanol–water partition coefficient (Wildman–Crippen LogP) is 4.36. The fourth-order valence-corrected chi connectivity index (χ4v) is 5.56. The molecule has 2 N–H and O–H groups in total. The van der Waals surface area contributed by atoms with Gasteiger partial charge in [-0.3, -0.25) is 4.98 Å². The van der Waals surface area contributed by atoms with Crippen LogP contribution in [0.2, 0.25) is 0 Å². The molecule has 3 heterocycles. The van der Waals surface area contributed by atoms with Crippen LogP contribution in [0.15, 0.2) is 30.5 Å². The first-order valence-electron chi connectivity index (χ1n) is 10.9. The Hall–Kier alpha value is -1.92. The van der Waals surface area contributed by atoms with Crippen LogP contribution in [0.5, 0.6) is 0 Å². The molecule has 156 valence electrons. The second-order valence-corrected chi connectivity index (χ2v) is 8.77. The van der Waals surface area contributed by atoms with Gasteiger partial charge in [0.05, 0.1) is 17.8 Å². The van der Waals surface area contributed by atoms with Gasteiger partial charge in [-0.05, 0) is 69.1 Å². The first kappa shape index (κ1) is 20.4. The minimum absolute atomic E-state index is 0.0164. The molecule has 0 bridgehead atoms. The monoisotopic (exact) mass is 412 g/mol. The molecule has 2 fully saturated rings. The Bertz CT molecular complexity index is 844. The quantitative estimate of drug-likeness (QED) is 0.691. The van der Waals surface area contributed by atoms with Crippen LogP contribution in [0.25, 0.3) is 0 Å². The fourth-order valence-electron chi connectivity index (χ4n) is 5.23. The smallest absolute Gasteiger partial charge is 0.170 e. The third kappa shape index (κ3) is 3.92. The summed E-state index contributed by atoms with van der Waals surface area (Å²) in [5.41, 5.74) is 5.02. The van der Waals surface area contributed by atoms with E-state index in [1.54, 1.807) is 0 Å². The zero-order valence-electron chi connectivity index (χ0n) is 17.5. The Morgan fingerprint density at radius 3 is 2.69 bits per heavy atom. The van der Waals surface area contributed by atoms with Crippen molar-refractivity contribution >= 4 is 17.3 Å². The maximum atomic E-state index is 9.42. The molecule has 6 heteroatoms. The molecule has 1 aliphatic heterocycles. The number of pyridine rings is 1. The highest BCUT2D eigenvalue weighted by Crippen LogP contribution is 2.42. The van der Waals surface area contributed by atoms with Crippen molar-refractivity contribution in [1.82, 2.24) is 19.8 Å². The van der Waals surface area contributed by atoms with Gasteiger partial charge in [0.1, 0.15) is 0 Å². The highest BCUT2D eigenvalue weighted by molar-refractivity contribution is 7.80. The molecule has 2 aromatic heterocycles. The lowest BCUT2D eigenvalue weighted by molar-refractivity contribution is 0.247. The maximum absolute atomic E-state index is 9.42. The number of hydrogen-bond acceptors (Lipinski definition) is 3. The third-order valence-corrected chi connectivity index (χ3v) is 6.89. The van der Waals surface area contributed by atoms with Crippen molar-refractivity contribution in [3.63, 3.8) is 0 Å². The molecule has 2 aliphatic rings. The Morgan fingerprint density at radius 1 is 1.21 bits per heavy atom. The summed E-state index contributed by atoms with van der Waals surface area (Å²) in [4.78, 5) is 6.88. The summed E-state index contributed by atoms with van der Waals surface area (Å²) in [6.07, 6.45) is 9.11. The van der Waals surface area contributed by atoms with Gasteiger partial charge < -0.3 is 19.9 Å². The molecular weight excluding hydrogens is 380 g/mol. The summed E-state index contributed by atoms with van der Waals surface area (Å²) in [5, 5.41) is 13.7. The van der Waals surface area contributed by atoms with E-state index in [4.69, 9.17) is 12.2 Å². The highest BCUT2D eigenvalue weighted by Gasteiger charge is 2.41. The highest BCUT2D eigenvalue weighted by atomic mass is 32.1. The molecule has 2 atom stereocenters. The topological polar surface area (TPSA) is 53.3 Å². The number of thiocarbonyl (C=S) groups is 1. The SMILES string of the molecule is Cc1cc([C@H]2[C@H](c3ccccn3)NC(=S)N2CCCO)c(C)n1C1CCCCC1. The number of aryl methyl sites for hydroxylation is 1. The third-order valence-electron chi connectivity index (χ3n) is 6.54. The lowest BCUT2D eigenvalue weighted by Gasteiger charge is -2.29. The summed E-state index contributed by atoms with van der Waals surface area (Å²) in [7, 11) is 0. The van der Waals surface area contributed by atoms with Crippen molar-refractivity contribution in [1.29, 1.82) is 0 Å². The molecule has 0 radical (unpaired) electrons. The first-order valence-corrected chi connectivity index (χ1v) is 11.3. The van der Waals surface area contributed by atoms with Gasteiger partial charge in [-0.1, -0.05) is 25.3 Å². The molecule has 2 aromatic rings. The fraction of sp³-hybridized carbons (Fsp3) is 0.565. The summed E-state index contributed by atoms with van der Waals surface area (Å²) in [5.74, 6) is 0. The summed E-state index contributed by atoms with van der Waals surface area (Å²) >= 11 is 5.71. The molecular formula is C23H32N4OS. The van der Waals surface area contributed by atoms with Crippen molar-refractivity contribution in [3.8, 4) is 0 Å². The predicted molar refractivity (Wildman–Crippen MR) is 120 cm³/mol. The Kier molecular flexibility index (Phi) is 6.20. The molecule has 5 nitrogen and oxygen atoms in total. The van der Waals surface area contributed by atoms with Crippen LogP contribution >= 0.6 is 12.2 Å². The number of aliphatic hydroxyl groups is 1. The van der Waals surface area contributed by atoms with Gasteiger partial charge in [-0.2, -0.15) is 0 Å². The zero-order chi connectivity index (χ0) is 20.4. The Morgan fingerprint density at radius 2 is 2.00 bits per heavy atom. The summed E-state index contributed by atoms with van der Waals surface area (Å²) in [6.45, 7) is 5.41. The molecule has 4 rings (SSSR count). The average molecular weight is 413 g/mol. The van der Waals surface area contributed by atoms with Crippen molar-refractivity contribution in [2.45, 2.75) is 70.5 Å². The number of aromatic nitrogens is 2. The van der Waals surface area contributed by atoms with Crippen LogP contribution < -0.4 is 5.32 Å². The van der Waals surface area contributed by atoms with E-state index in [1.807, 2.05) is 18.3 Å². The van der Waals surface area contributed by atoms with E-state index >= 15 is 0 Å². The van der Waals surface area contributed by atoms with E-state index in [-0.39, 0.29) is 18.7 Å². The van der Waals surface area contributed by atoms with Gasteiger partial charge >= 0.3 is 0 Å². The minimum atomic E-state index is 0.0164. The number of rotatable bonds is 6. The number of nitrogens with zero attached hydrogens (tertiary/aromatic N) is 3. The standard InChI is InChI=1S/C23H32N4OS/c1-16-15-19(17(2)27(16)18-9-4-3-5-10-18)22-21(20-11-6-7-12-24-20)25-23(29)26(22)13-8-14-28/h6-7,11-12,15,18,21-22,28H,3-5,8-10,13-14H2,1-2H3,(H,25,29)/t21-,22-/m0/s1. The second-order valence-electron chi connectivity index (χ2n) is 8.39. The Labute approximate surface area is 179 Å². The van der Waals surface area contributed by atoms with Crippen molar-refractivity contribution in [2.75, 3.05) is 13.2 Å². The Balaban J connectivity index is 1.74. The molecule has 1 saturated carbocycles. The van der Waals surface area contributed by atoms with Gasteiger partial charge in [-0.15, -0.1) is 0 Å². The van der Waals surface area contributed by atoms with Gasteiger partial charge in [-0.25, -0.2) is 0 Å². The van der Waals surface area contributed by atoms with Crippen molar-refractivity contribution in [3.05, 3.63) is 53.1 Å². The molecule has 1 saturated heterocycles. The van der Waals surface area contributed by atoms with Crippen LogP contribution in [-0.2, 0) is 0 Å². The molecule has 1 aliphatic carbocycles. The summed E-state index contributed by atoms with van der Waals surface area (Å²) < 4.78 is 2.57. The van der Waals surface area contributed by atoms with Gasteiger partial charge in [0.15, 0.2) is 5.11 Å². The number of nitrogens with one attached hydrogen (secondary N) is 1. The number of hydrogen-bond donors (Lipinski definition) is 2. The first-order chi connectivity index (χ1) is 14.1. The molecule has 0 amide bonds. The largest absolute Gasteiger partial charge is 0.396 e. The van der Waals surface area contributed by atoms with Crippen molar-refractivity contribution in [2.24, 2.45) is 0 Å². The van der Waals surface area contributed by atoms with E-state index in [9.17, 15) is 5.11 Å². The summed E-state index contributed by atoms with van der Waals surface area (Å²) in [6, 6.07) is 9.12. The van der Waals surface area contributed by atoms with E-state index < -0.39 is 0 Å². The normalized spacial score (nSPS) is 22.9. The van der Waals surface area contributed by atoms with E-state index in [0.29, 0.717) is 12.5 Å². The molecule has 0 unspecified atom stereocenters. The van der Waals surface area contributed by atoms with Gasteiger partial charge in [0.25, 0.3) is 0 Å². The lowest BCUT2D eigenvalue weighted by atomic mass is 9.94. The van der Waals surface area contributed by atoms with E-state index in [0.717, 1.165) is 17.4 Å². The van der Waals surface area contributed by atoms with Crippen molar-refractivity contribution < 1.29 is 5.11 Å². The van der Waals surface area contributed by atoms with Gasteiger partial charge in [0, 0.05) is 36.8 Å². The minimum Gasteiger partial charge on any atom is -0.396 e. The second kappa shape index (κ2) is 8.84. The molecule has 0 spiro atoms. The van der Waals surface area contributed by atoms with Crippen LogP contribution in [0.3, 0.4) is 0 Å². The number of aliphatic hydroxyl groups excluding tert-OH is 1. The molecule has 0 aromatic carbocycles. The van der Waals surface area contributed by atoms with E-state index in [1.165, 1.54) is 49.1 Å². The van der Waals surface area contributed by atoms with Crippen LogP contribution in [0, 0.1) is 13.8 Å².